The van der Waals surface area contributed by atoms with Gasteiger partial charge in [-0.2, -0.15) is 0 Å². The van der Waals surface area contributed by atoms with Crippen LogP contribution in [-0.4, -0.2) is 34.6 Å². The lowest BCUT2D eigenvalue weighted by Crippen LogP contribution is -2.46. The van der Waals surface area contributed by atoms with Crippen molar-refractivity contribution in [3.05, 3.63) is 44.4 Å². The fourth-order valence-corrected chi connectivity index (χ4v) is 8.01. The van der Waals surface area contributed by atoms with Gasteiger partial charge in [-0.1, -0.05) is 42.4 Å². The van der Waals surface area contributed by atoms with Gasteiger partial charge in [-0.25, -0.2) is 9.69 Å². The van der Waals surface area contributed by atoms with Crippen molar-refractivity contribution in [2.75, 3.05) is 11.5 Å². The average molecular weight is 459 g/mol. The van der Waals surface area contributed by atoms with Crippen molar-refractivity contribution < 1.29 is 19.1 Å². The van der Waals surface area contributed by atoms with E-state index in [4.69, 9.17) is 4.74 Å². The minimum absolute atomic E-state index is 0.131. The zero-order valence-electron chi connectivity index (χ0n) is 17.0. The van der Waals surface area contributed by atoms with E-state index in [-0.39, 0.29) is 23.3 Å². The third kappa shape index (κ3) is 3.09. The number of hydrogen-bond acceptors (Lipinski definition) is 7. The molecule has 162 valence electrons. The fourth-order valence-electron chi connectivity index (χ4n) is 5.22. The van der Waals surface area contributed by atoms with Crippen LogP contribution in [0.2, 0.25) is 0 Å². The number of H-pyrrole nitrogens is 1. The monoisotopic (exact) mass is 458 g/mol. The van der Waals surface area contributed by atoms with Gasteiger partial charge in [0.25, 0.3) is 0 Å². The van der Waals surface area contributed by atoms with Crippen molar-refractivity contribution in [3.8, 4) is 0 Å². The highest BCUT2D eigenvalue weighted by molar-refractivity contribution is 8.00. The quantitative estimate of drug-likeness (QED) is 0.559. The first kappa shape index (κ1) is 20.5. The van der Waals surface area contributed by atoms with Crippen molar-refractivity contribution in [1.82, 2.24) is 4.98 Å². The van der Waals surface area contributed by atoms with Gasteiger partial charge in [0.1, 0.15) is 5.25 Å². The molecule has 2 unspecified atom stereocenters. The molecular weight excluding hydrogens is 436 g/mol. The van der Waals surface area contributed by atoms with Gasteiger partial charge in [-0.3, -0.25) is 14.4 Å². The van der Waals surface area contributed by atoms with Crippen LogP contribution < -0.4 is 9.77 Å². The number of imide groups is 1. The summed E-state index contributed by atoms with van der Waals surface area (Å²) in [6.45, 7) is 2.01. The van der Waals surface area contributed by atoms with Crippen molar-refractivity contribution >= 4 is 46.6 Å². The van der Waals surface area contributed by atoms with E-state index in [1.165, 1.54) is 28.0 Å². The molecule has 0 radical (unpaired) electrons. The zero-order chi connectivity index (χ0) is 21.8. The Labute approximate surface area is 187 Å². The highest BCUT2D eigenvalue weighted by Crippen LogP contribution is 2.59. The molecule has 2 fully saturated rings. The molecule has 1 N–H and O–H groups in total. The number of fused-ring (bicyclic) bond motifs is 4. The lowest BCUT2D eigenvalue weighted by Gasteiger charge is -2.44. The Bertz CT molecular complexity index is 1110. The smallest absolute Gasteiger partial charge is 0.338 e. The highest BCUT2D eigenvalue weighted by Gasteiger charge is 2.62. The second-order valence-corrected chi connectivity index (χ2v) is 10.3. The molecule has 0 bridgehead atoms. The summed E-state index contributed by atoms with van der Waals surface area (Å²) >= 11 is 2.50. The molecule has 1 aliphatic carbocycles. The summed E-state index contributed by atoms with van der Waals surface area (Å²) in [7, 11) is 0. The third-order valence-electron chi connectivity index (χ3n) is 6.54. The van der Waals surface area contributed by atoms with Crippen LogP contribution in [0.5, 0.6) is 0 Å². The largest absolute Gasteiger partial charge is 0.462 e. The molecule has 9 heteroatoms. The number of aromatic nitrogens is 1. The Balaban J connectivity index is 1.53. The van der Waals surface area contributed by atoms with E-state index in [0.29, 0.717) is 11.3 Å². The molecule has 5 rings (SSSR count). The normalized spacial score (nSPS) is 24.2. The number of thioether (sulfide) groups is 1. The van der Waals surface area contributed by atoms with Gasteiger partial charge in [0, 0.05) is 10.3 Å². The Morgan fingerprint density at radius 3 is 2.52 bits per heavy atom. The van der Waals surface area contributed by atoms with Gasteiger partial charge in [0.15, 0.2) is 0 Å². The zero-order valence-corrected chi connectivity index (χ0v) is 18.6. The van der Waals surface area contributed by atoms with Gasteiger partial charge in [0.2, 0.25) is 11.8 Å². The van der Waals surface area contributed by atoms with Crippen LogP contribution in [-0.2, 0) is 19.7 Å². The molecule has 2 atom stereocenters. The number of ether oxygens (including phenoxy) is 1. The predicted molar refractivity (Wildman–Crippen MR) is 118 cm³/mol. The summed E-state index contributed by atoms with van der Waals surface area (Å²) in [5.41, 5.74) is 0.375. The maximum Gasteiger partial charge on any atom is 0.338 e. The van der Waals surface area contributed by atoms with Crippen LogP contribution >= 0.6 is 23.1 Å². The minimum atomic E-state index is -0.548. The third-order valence-corrected chi connectivity index (χ3v) is 9.05. The summed E-state index contributed by atoms with van der Waals surface area (Å²) < 4.78 is 5.01. The van der Waals surface area contributed by atoms with Gasteiger partial charge in [0.05, 0.1) is 28.8 Å². The first-order chi connectivity index (χ1) is 15.0. The van der Waals surface area contributed by atoms with Crippen molar-refractivity contribution in [1.29, 1.82) is 0 Å². The average Bonchev–Trinajstić information content (AvgIpc) is 3.27. The molecule has 1 aromatic carbocycles. The number of carbonyl (C=O) groups is 3. The molecule has 3 heterocycles. The first-order valence-corrected chi connectivity index (χ1v) is 12.2. The van der Waals surface area contributed by atoms with Gasteiger partial charge in [-0.05, 0) is 44.0 Å². The van der Waals surface area contributed by atoms with Gasteiger partial charge < -0.3 is 9.72 Å². The molecule has 1 spiro atoms. The fraction of sp³-hybridized carbons (Fsp3) is 0.455. The van der Waals surface area contributed by atoms with Crippen LogP contribution in [0.4, 0.5) is 5.69 Å². The van der Waals surface area contributed by atoms with Crippen molar-refractivity contribution in [3.63, 3.8) is 0 Å². The Kier molecular flexibility index (Phi) is 5.05. The summed E-state index contributed by atoms with van der Waals surface area (Å²) in [4.78, 5) is 56.1. The molecule has 1 saturated carbocycles. The number of carbonyl (C=O) groups excluding carboxylic acids is 3. The number of aromatic amines is 1. The lowest BCUT2D eigenvalue weighted by molar-refractivity contribution is -0.123. The molecule has 7 nitrogen and oxygen atoms in total. The second kappa shape index (κ2) is 7.63. The standard InChI is InChI=1S/C22H22N2O5S2/c1-2-29-20(27)12-6-8-13(9-7-12)24-18(25)14-15(19(24)26)30-17-16(31-21(28)23-17)22(14)10-4-3-5-11-22/h6-9,14-15H,2-5,10-11H2,1H3,(H,23,28). The Morgan fingerprint density at radius 1 is 1.13 bits per heavy atom. The maximum absolute atomic E-state index is 13.7. The molecular formula is C22H22N2O5S2. The molecule has 2 amide bonds. The van der Waals surface area contributed by atoms with E-state index in [1.807, 2.05) is 0 Å². The number of thiazole rings is 1. The van der Waals surface area contributed by atoms with Gasteiger partial charge in [-0.15, -0.1) is 0 Å². The number of esters is 1. The van der Waals surface area contributed by atoms with E-state index < -0.39 is 22.6 Å². The number of amides is 2. The highest BCUT2D eigenvalue weighted by atomic mass is 32.2. The number of anilines is 1. The predicted octanol–water partition coefficient (Wildman–Crippen LogP) is 3.48. The molecule has 3 aliphatic rings. The molecule has 1 aromatic heterocycles. The van der Waals surface area contributed by atoms with Crippen LogP contribution in [0.15, 0.2) is 34.1 Å². The number of nitrogens with zero attached hydrogens (tertiary/aromatic N) is 1. The molecule has 31 heavy (non-hydrogen) atoms. The number of nitrogens with one attached hydrogen (secondary N) is 1. The van der Waals surface area contributed by atoms with Crippen molar-refractivity contribution in [2.24, 2.45) is 5.92 Å². The van der Waals surface area contributed by atoms with Crippen LogP contribution in [0.3, 0.4) is 0 Å². The van der Waals surface area contributed by atoms with E-state index in [0.717, 1.165) is 42.0 Å². The lowest BCUT2D eigenvalue weighted by atomic mass is 9.64. The van der Waals surface area contributed by atoms with Gasteiger partial charge >= 0.3 is 10.8 Å². The van der Waals surface area contributed by atoms with E-state index in [2.05, 4.69) is 4.98 Å². The first-order valence-electron chi connectivity index (χ1n) is 10.5. The summed E-state index contributed by atoms with van der Waals surface area (Å²) in [6, 6.07) is 6.39. The van der Waals surface area contributed by atoms with E-state index in [1.54, 1.807) is 31.2 Å². The molecule has 2 aromatic rings. The summed E-state index contributed by atoms with van der Waals surface area (Å²) in [5.74, 6) is -1.38. The summed E-state index contributed by atoms with van der Waals surface area (Å²) in [5, 5.41) is 0.201. The van der Waals surface area contributed by atoms with Crippen LogP contribution in [0, 0.1) is 5.92 Å². The van der Waals surface area contributed by atoms with E-state index in [9.17, 15) is 19.2 Å². The topological polar surface area (TPSA) is 96.5 Å². The SMILES string of the molecule is CCOC(=O)c1ccc(N2C(=O)C3Sc4[nH]c(=O)sc4C4(CCCCC4)C3C2=O)cc1. The Hall–Kier alpha value is -2.39. The number of benzene rings is 1. The molecule has 2 aliphatic heterocycles. The second-order valence-electron chi connectivity index (χ2n) is 8.18. The number of rotatable bonds is 3. The Morgan fingerprint density at radius 2 is 1.84 bits per heavy atom. The summed E-state index contributed by atoms with van der Waals surface area (Å²) in [6.07, 6.45) is 4.68. The molecule has 1 saturated heterocycles. The van der Waals surface area contributed by atoms with Crippen molar-refractivity contribution in [2.45, 2.75) is 54.7 Å². The van der Waals surface area contributed by atoms with Crippen LogP contribution in [0.25, 0.3) is 0 Å². The minimum Gasteiger partial charge on any atom is -0.462 e. The number of hydrogen-bond donors (Lipinski definition) is 1. The maximum atomic E-state index is 13.7. The van der Waals surface area contributed by atoms with Crippen LogP contribution in [0.1, 0.15) is 54.3 Å². The van der Waals surface area contributed by atoms with E-state index >= 15 is 0 Å².